The van der Waals surface area contributed by atoms with Gasteiger partial charge in [-0.1, -0.05) is 0 Å². The zero-order valence-corrected chi connectivity index (χ0v) is 13.7. The van der Waals surface area contributed by atoms with Crippen LogP contribution < -0.4 is 5.09 Å². The predicted molar refractivity (Wildman–Crippen MR) is 76.6 cm³/mol. The van der Waals surface area contributed by atoms with Gasteiger partial charge in [-0.3, -0.25) is 9.05 Å². The van der Waals surface area contributed by atoms with Crippen LogP contribution in [0.15, 0.2) is 0 Å². The smallest absolute Gasteiger partial charge is 0.323 e. The first-order chi connectivity index (χ1) is 7.80. The van der Waals surface area contributed by atoms with E-state index in [0.717, 1.165) is 19.6 Å². The molecule has 0 spiro atoms. The van der Waals surface area contributed by atoms with Crippen LogP contribution in [0.4, 0.5) is 0 Å². The Kier molecular flexibility index (Phi) is 7.19. The molecule has 0 saturated heterocycles. The molecule has 102 valence electrons. The minimum atomic E-state index is -2.36. The van der Waals surface area contributed by atoms with E-state index >= 15 is 0 Å². The molecule has 17 heavy (non-hydrogen) atoms. The second kappa shape index (κ2) is 7.05. The van der Waals surface area contributed by atoms with Gasteiger partial charge < -0.3 is 4.74 Å². The third-order valence-electron chi connectivity index (χ3n) is 3.22. The first-order valence-electron chi connectivity index (χ1n) is 5.82. The van der Waals surface area contributed by atoms with Crippen molar-refractivity contribution in [1.29, 1.82) is 0 Å². The second-order valence-electron chi connectivity index (χ2n) is 3.92. The molecule has 0 aromatic heterocycles. The van der Waals surface area contributed by atoms with Crippen LogP contribution in [0.3, 0.4) is 0 Å². The zero-order valence-electron chi connectivity index (χ0n) is 11.2. The summed E-state index contributed by atoms with van der Waals surface area (Å²) >= 11 is 12.1. The molecule has 2 atom stereocenters. The lowest BCUT2D eigenvalue weighted by Gasteiger charge is -2.42. The van der Waals surface area contributed by atoms with Crippen molar-refractivity contribution in [3.05, 3.63) is 0 Å². The first-order valence-corrected chi connectivity index (χ1v) is 9.48. The lowest BCUT2D eigenvalue weighted by atomic mass is 10.4. The van der Waals surface area contributed by atoms with E-state index in [0.29, 0.717) is 4.25 Å². The summed E-state index contributed by atoms with van der Waals surface area (Å²) in [4.78, 5) is 11.4. The summed E-state index contributed by atoms with van der Waals surface area (Å²) in [5.74, 6) is -0.332. The fourth-order valence-corrected chi connectivity index (χ4v) is 6.64. The van der Waals surface area contributed by atoms with Gasteiger partial charge in [-0.2, -0.15) is 0 Å². The van der Waals surface area contributed by atoms with Gasteiger partial charge in [-0.25, -0.2) is 5.09 Å². The van der Waals surface area contributed by atoms with Crippen molar-refractivity contribution in [1.82, 2.24) is 5.09 Å². The summed E-state index contributed by atoms with van der Waals surface area (Å²) < 4.78 is 5.31. The average Bonchev–Trinajstić information content (AvgIpc) is 2.29. The van der Waals surface area contributed by atoms with Crippen LogP contribution in [0.25, 0.3) is 0 Å². The van der Waals surface area contributed by atoms with E-state index < -0.39 is 11.7 Å². The normalized spacial score (nSPS) is 17.3. The molecule has 0 saturated carbocycles. The minimum Gasteiger partial charge on any atom is -0.468 e. The van der Waals surface area contributed by atoms with Crippen molar-refractivity contribution in [2.75, 3.05) is 26.7 Å². The van der Waals surface area contributed by atoms with Crippen LogP contribution >= 0.6 is 16.9 Å². The molecule has 4 nitrogen and oxygen atoms in total. The Balaban J connectivity index is 4.99. The van der Waals surface area contributed by atoms with E-state index in [1.165, 1.54) is 7.11 Å². The number of rotatable bonds is 7. The number of carbonyl (C=O) groups is 1. The van der Waals surface area contributed by atoms with Gasteiger partial charge in [-0.15, -0.1) is 0 Å². The van der Waals surface area contributed by atoms with Gasteiger partial charge in [0.15, 0.2) is 0 Å². The van der Waals surface area contributed by atoms with E-state index in [2.05, 4.69) is 30.6 Å². The summed E-state index contributed by atoms with van der Waals surface area (Å²) in [5.41, 5.74) is -2.36. The fraction of sp³-hybridized carbons (Fsp3) is 0.900. The summed E-state index contributed by atoms with van der Waals surface area (Å²) in [7, 11) is 1.36. The highest BCUT2D eigenvalue weighted by Gasteiger charge is 2.40. The maximum absolute atomic E-state index is 11.4. The number of hydrogen-bond acceptors (Lipinski definition) is 3. The van der Waals surface area contributed by atoms with Crippen molar-refractivity contribution < 1.29 is 13.8 Å². The standard InChI is InChI=1S/C10H23ClN2O2PS/c1-6-13(7-2,8-3)16(11,17)12-9(4)10(14)15-5/h9H,6-8H2,1-5H3,(H,12,17)/q+1/t9-,16?/m1/s1. The van der Waals surface area contributed by atoms with Crippen LogP contribution in [0.2, 0.25) is 0 Å². The molecule has 0 radical (unpaired) electrons. The number of ether oxygens (including phenoxy) is 1. The Morgan fingerprint density at radius 3 is 2.12 bits per heavy atom. The van der Waals surface area contributed by atoms with Crippen molar-refractivity contribution in [2.45, 2.75) is 33.7 Å². The topological polar surface area (TPSA) is 38.3 Å². The Bertz CT molecular complexity index is 302. The average molecular weight is 302 g/mol. The minimum absolute atomic E-state index is 0.332. The lowest BCUT2D eigenvalue weighted by molar-refractivity contribution is -0.801. The third-order valence-corrected chi connectivity index (χ3v) is 8.48. The molecule has 0 bridgehead atoms. The van der Waals surface area contributed by atoms with Crippen molar-refractivity contribution in [2.24, 2.45) is 0 Å². The Hall–Kier alpha value is 0.330. The molecule has 7 heteroatoms. The zero-order chi connectivity index (χ0) is 13.7. The molecule has 1 unspecified atom stereocenters. The SMILES string of the molecule is CC[N+](CC)(CC)P(=S)(Cl)N[C@H](C)C(=O)OC. The van der Waals surface area contributed by atoms with Crippen LogP contribution in [0.1, 0.15) is 27.7 Å². The quantitative estimate of drug-likeness (QED) is 0.579. The number of carbonyl (C=O) groups excluding carboxylic acids is 1. The van der Waals surface area contributed by atoms with Gasteiger partial charge in [0.2, 0.25) is 0 Å². The van der Waals surface area contributed by atoms with Gasteiger partial charge in [-0.05, 0) is 50.7 Å². The number of halogens is 1. The fourth-order valence-electron chi connectivity index (χ4n) is 1.81. The van der Waals surface area contributed by atoms with Crippen molar-refractivity contribution in [3.8, 4) is 0 Å². The molecule has 0 rings (SSSR count). The van der Waals surface area contributed by atoms with E-state index in [1.54, 1.807) is 6.92 Å². The molecular weight excluding hydrogens is 279 g/mol. The maximum Gasteiger partial charge on any atom is 0.323 e. The predicted octanol–water partition coefficient (Wildman–Crippen LogP) is 2.48. The molecule has 1 N–H and O–H groups in total. The molecule has 0 aliphatic carbocycles. The van der Waals surface area contributed by atoms with E-state index in [1.807, 2.05) is 0 Å². The van der Waals surface area contributed by atoms with Crippen LogP contribution in [0.5, 0.6) is 0 Å². The number of hydrogen-bond donors (Lipinski definition) is 1. The summed E-state index contributed by atoms with van der Waals surface area (Å²) in [6, 6.07) is -0.467. The highest BCUT2D eigenvalue weighted by Crippen LogP contribution is 2.57. The second-order valence-corrected chi connectivity index (χ2v) is 9.69. The van der Waals surface area contributed by atoms with Crippen LogP contribution in [-0.2, 0) is 21.3 Å². The Labute approximate surface area is 114 Å². The molecule has 0 aliphatic heterocycles. The van der Waals surface area contributed by atoms with E-state index in [9.17, 15) is 4.79 Å². The monoisotopic (exact) mass is 301 g/mol. The Morgan fingerprint density at radius 2 is 1.82 bits per heavy atom. The number of quaternary nitrogens is 1. The molecular formula is C10H23ClN2O2PS+. The molecule has 0 fully saturated rings. The largest absolute Gasteiger partial charge is 0.468 e. The molecule has 0 amide bonds. The third kappa shape index (κ3) is 3.90. The van der Waals surface area contributed by atoms with Crippen molar-refractivity contribution in [3.63, 3.8) is 0 Å². The lowest BCUT2D eigenvalue weighted by Crippen LogP contribution is -2.48. The molecule has 0 heterocycles. The Morgan fingerprint density at radius 1 is 1.41 bits per heavy atom. The van der Waals surface area contributed by atoms with Crippen molar-refractivity contribution >= 4 is 34.7 Å². The van der Waals surface area contributed by atoms with Crippen LogP contribution in [-0.4, -0.2) is 43.0 Å². The van der Waals surface area contributed by atoms with Gasteiger partial charge in [0.1, 0.15) is 6.04 Å². The van der Waals surface area contributed by atoms with Crippen LogP contribution in [0, 0.1) is 0 Å². The number of nitrogens with zero attached hydrogens (tertiary/aromatic N) is 1. The summed E-state index contributed by atoms with van der Waals surface area (Å²) in [5, 5.41) is 3.09. The first kappa shape index (κ1) is 17.3. The van der Waals surface area contributed by atoms with E-state index in [-0.39, 0.29) is 5.97 Å². The summed E-state index contributed by atoms with van der Waals surface area (Å²) in [6.07, 6.45) is 0. The number of nitrogens with one attached hydrogen (secondary N) is 1. The molecule has 0 aromatic rings. The van der Waals surface area contributed by atoms with Gasteiger partial charge >= 0.3 is 5.97 Å². The number of methoxy groups -OCH3 is 1. The molecule has 0 aromatic carbocycles. The van der Waals surface area contributed by atoms with E-state index in [4.69, 9.17) is 23.0 Å². The summed E-state index contributed by atoms with van der Waals surface area (Å²) in [6.45, 7) is 10.5. The highest BCUT2D eigenvalue weighted by atomic mass is 35.7. The van der Waals surface area contributed by atoms with Gasteiger partial charge in [0.05, 0.1) is 26.7 Å². The highest BCUT2D eigenvalue weighted by molar-refractivity contribution is 8.23. The molecule has 0 aliphatic rings. The number of esters is 1. The van der Waals surface area contributed by atoms with Gasteiger partial charge in [0.25, 0.3) is 5.69 Å². The maximum atomic E-state index is 11.4. The van der Waals surface area contributed by atoms with Gasteiger partial charge in [0, 0.05) is 0 Å².